The van der Waals surface area contributed by atoms with Gasteiger partial charge in [0.1, 0.15) is 5.54 Å². The van der Waals surface area contributed by atoms with E-state index < -0.39 is 27.4 Å². The van der Waals surface area contributed by atoms with Crippen LogP contribution in [0.25, 0.3) is 0 Å². The molecule has 1 aliphatic rings. The number of allylic oxidation sites excluding steroid dienone is 4. The van der Waals surface area contributed by atoms with Crippen molar-refractivity contribution >= 4 is 16.0 Å². The van der Waals surface area contributed by atoms with Crippen molar-refractivity contribution in [2.45, 2.75) is 39.7 Å². The maximum absolute atomic E-state index is 11.7. The third kappa shape index (κ3) is 5.66. The second-order valence-electron chi connectivity index (χ2n) is 6.76. The maximum Gasteiger partial charge on any atom is 0.324 e. The van der Waals surface area contributed by atoms with E-state index >= 15 is 0 Å². The first-order valence-corrected chi connectivity index (χ1v) is 9.57. The van der Waals surface area contributed by atoms with Crippen LogP contribution < -0.4 is 4.72 Å². The zero-order valence-electron chi connectivity index (χ0n) is 14.4. The van der Waals surface area contributed by atoms with Crippen LogP contribution in [-0.2, 0) is 19.6 Å². The van der Waals surface area contributed by atoms with Gasteiger partial charge < -0.3 is 9.84 Å². The van der Waals surface area contributed by atoms with Crippen LogP contribution in [0.4, 0.5) is 0 Å². The zero-order valence-corrected chi connectivity index (χ0v) is 15.2. The Hall–Kier alpha value is -1.34. The monoisotopic (exact) mass is 345 g/mol. The van der Waals surface area contributed by atoms with Crippen molar-refractivity contribution < 1.29 is 23.1 Å². The number of nitrogens with one attached hydrogen (secondary N) is 1. The van der Waals surface area contributed by atoms with E-state index in [2.05, 4.69) is 18.6 Å². The molecule has 0 aromatic heterocycles. The minimum atomic E-state index is -3.65. The highest BCUT2D eigenvalue weighted by atomic mass is 32.2. The molecule has 0 saturated heterocycles. The van der Waals surface area contributed by atoms with Crippen molar-refractivity contribution in [1.82, 2.24) is 4.72 Å². The summed E-state index contributed by atoms with van der Waals surface area (Å²) in [6, 6.07) is 0. The Morgan fingerprint density at radius 2 is 2.09 bits per heavy atom. The molecule has 0 aromatic carbocycles. The molecule has 132 valence electrons. The first-order chi connectivity index (χ1) is 10.5. The molecule has 6 nitrogen and oxygen atoms in total. The largest absolute Gasteiger partial charge is 0.498 e. The Balaban J connectivity index is 2.90. The molecule has 0 amide bonds. The minimum Gasteiger partial charge on any atom is -0.498 e. The van der Waals surface area contributed by atoms with Gasteiger partial charge >= 0.3 is 5.97 Å². The normalized spacial score (nSPS) is 22.3. The molecule has 0 spiro atoms. The van der Waals surface area contributed by atoms with Crippen LogP contribution in [0.15, 0.2) is 24.0 Å². The lowest BCUT2D eigenvalue weighted by Crippen LogP contribution is -2.57. The van der Waals surface area contributed by atoms with Gasteiger partial charge in [-0.05, 0) is 30.8 Å². The van der Waals surface area contributed by atoms with Crippen molar-refractivity contribution in [2.75, 3.05) is 12.9 Å². The van der Waals surface area contributed by atoms with Crippen molar-refractivity contribution in [1.29, 1.82) is 0 Å². The second kappa shape index (κ2) is 7.49. The summed E-state index contributed by atoms with van der Waals surface area (Å²) in [5.41, 5.74) is -1.58. The maximum atomic E-state index is 11.7. The van der Waals surface area contributed by atoms with Crippen LogP contribution in [0.1, 0.15) is 34.1 Å². The van der Waals surface area contributed by atoms with Gasteiger partial charge in [-0.2, -0.15) is 4.72 Å². The van der Waals surface area contributed by atoms with Gasteiger partial charge in [-0.1, -0.05) is 32.9 Å². The summed E-state index contributed by atoms with van der Waals surface area (Å²) in [5.74, 6) is -0.572. The SMILES string of the molecule is CC(C)COC1=CC=CC(C(C)C(C)(NS(C)(=O)=O)C(=O)O)C1. The van der Waals surface area contributed by atoms with Gasteiger partial charge in [-0.15, -0.1) is 0 Å². The summed E-state index contributed by atoms with van der Waals surface area (Å²) in [5, 5.41) is 9.54. The molecule has 3 unspecified atom stereocenters. The molecule has 3 atom stereocenters. The fourth-order valence-corrected chi connectivity index (χ4v) is 3.59. The summed E-state index contributed by atoms with van der Waals surface area (Å²) in [6.45, 7) is 7.85. The van der Waals surface area contributed by atoms with Gasteiger partial charge in [0.15, 0.2) is 0 Å². The number of hydrogen-bond donors (Lipinski definition) is 2. The minimum absolute atomic E-state index is 0.127. The van der Waals surface area contributed by atoms with Gasteiger partial charge in [-0.3, -0.25) is 4.79 Å². The molecule has 2 N–H and O–H groups in total. The summed E-state index contributed by atoms with van der Waals surface area (Å²) >= 11 is 0. The number of aliphatic carboxylic acids is 1. The fraction of sp³-hybridized carbons (Fsp3) is 0.688. The van der Waals surface area contributed by atoms with E-state index in [1.54, 1.807) is 6.92 Å². The van der Waals surface area contributed by atoms with Gasteiger partial charge in [0.2, 0.25) is 10.0 Å². The van der Waals surface area contributed by atoms with Crippen molar-refractivity contribution in [2.24, 2.45) is 17.8 Å². The van der Waals surface area contributed by atoms with E-state index in [-0.39, 0.29) is 5.92 Å². The van der Waals surface area contributed by atoms with Gasteiger partial charge in [0.05, 0.1) is 18.6 Å². The zero-order chi connectivity index (χ0) is 17.8. The Morgan fingerprint density at radius 3 is 2.57 bits per heavy atom. The lowest BCUT2D eigenvalue weighted by atomic mass is 9.75. The van der Waals surface area contributed by atoms with Crippen molar-refractivity contribution in [3.8, 4) is 0 Å². The third-order valence-corrected chi connectivity index (χ3v) is 4.87. The highest BCUT2D eigenvalue weighted by Crippen LogP contribution is 2.33. The van der Waals surface area contributed by atoms with E-state index in [1.165, 1.54) is 6.92 Å². The summed E-state index contributed by atoms with van der Waals surface area (Å²) in [6.07, 6.45) is 7.13. The second-order valence-corrected chi connectivity index (χ2v) is 8.51. The van der Waals surface area contributed by atoms with Crippen molar-refractivity contribution in [3.63, 3.8) is 0 Å². The number of sulfonamides is 1. The smallest absolute Gasteiger partial charge is 0.324 e. The quantitative estimate of drug-likeness (QED) is 0.703. The standard InChI is InChI=1S/C16H27NO5S/c1-11(2)10-22-14-8-6-7-13(9-14)12(3)16(4,15(18)19)17-23(5,20)21/h6-8,11-13,17H,9-10H2,1-5H3,(H,18,19). The molecule has 0 radical (unpaired) electrons. The molecular formula is C16H27NO5S. The van der Waals surface area contributed by atoms with Crippen LogP contribution in [0, 0.1) is 17.8 Å². The highest BCUT2D eigenvalue weighted by molar-refractivity contribution is 7.88. The average Bonchev–Trinajstić information content (AvgIpc) is 2.42. The molecule has 23 heavy (non-hydrogen) atoms. The Labute approximate surface area is 138 Å². The van der Waals surface area contributed by atoms with Crippen LogP contribution in [0.3, 0.4) is 0 Å². The predicted molar refractivity (Wildman–Crippen MR) is 89.3 cm³/mol. The van der Waals surface area contributed by atoms with Crippen LogP contribution in [0.2, 0.25) is 0 Å². The van der Waals surface area contributed by atoms with Crippen molar-refractivity contribution in [3.05, 3.63) is 24.0 Å². The number of carbonyl (C=O) groups is 1. The molecule has 0 bridgehead atoms. The van der Waals surface area contributed by atoms with Crippen LogP contribution in [0.5, 0.6) is 0 Å². The lowest BCUT2D eigenvalue weighted by molar-refractivity contribution is -0.146. The lowest BCUT2D eigenvalue weighted by Gasteiger charge is -2.36. The number of rotatable bonds is 8. The van der Waals surface area contributed by atoms with Gasteiger partial charge in [-0.25, -0.2) is 8.42 Å². The molecule has 7 heteroatoms. The highest BCUT2D eigenvalue weighted by Gasteiger charge is 2.44. The average molecular weight is 345 g/mol. The first-order valence-electron chi connectivity index (χ1n) is 7.68. The van der Waals surface area contributed by atoms with E-state index in [0.29, 0.717) is 18.9 Å². The van der Waals surface area contributed by atoms with Crippen LogP contribution >= 0.6 is 0 Å². The first kappa shape index (κ1) is 19.7. The molecule has 1 aliphatic carbocycles. The third-order valence-electron chi connectivity index (χ3n) is 4.07. The predicted octanol–water partition coefficient (Wildman–Crippen LogP) is 2.15. The molecule has 0 saturated carbocycles. The number of ether oxygens (including phenoxy) is 1. The topological polar surface area (TPSA) is 92.7 Å². The fourth-order valence-electron chi connectivity index (χ4n) is 2.54. The number of carboxylic acids is 1. The number of carboxylic acid groups (broad SMARTS) is 1. The van der Waals surface area contributed by atoms with E-state index in [0.717, 1.165) is 12.0 Å². The molecule has 0 fully saturated rings. The Morgan fingerprint density at radius 1 is 1.48 bits per heavy atom. The Bertz CT molecular complexity index is 594. The van der Waals surface area contributed by atoms with Gasteiger partial charge in [0.25, 0.3) is 0 Å². The Kier molecular flexibility index (Phi) is 6.41. The van der Waals surface area contributed by atoms with E-state index in [9.17, 15) is 18.3 Å². The van der Waals surface area contributed by atoms with E-state index in [1.807, 2.05) is 18.2 Å². The number of hydrogen-bond acceptors (Lipinski definition) is 4. The summed E-state index contributed by atoms with van der Waals surface area (Å²) < 4.78 is 31.1. The molecule has 0 aliphatic heterocycles. The summed E-state index contributed by atoms with van der Waals surface area (Å²) in [4.78, 5) is 11.7. The molecular weight excluding hydrogens is 318 g/mol. The molecule has 1 rings (SSSR count). The van der Waals surface area contributed by atoms with Gasteiger partial charge in [0, 0.05) is 6.42 Å². The van der Waals surface area contributed by atoms with E-state index in [4.69, 9.17) is 4.74 Å². The molecule has 0 heterocycles. The summed E-state index contributed by atoms with van der Waals surface area (Å²) in [7, 11) is -3.65. The molecule has 0 aromatic rings. The van der Waals surface area contributed by atoms with Crippen LogP contribution in [-0.4, -0.2) is 37.9 Å².